The van der Waals surface area contributed by atoms with Crippen LogP contribution in [0, 0.1) is 0 Å². The average Bonchev–Trinajstić information content (AvgIpc) is 3.34. The molecule has 1 aromatic carbocycles. The molecule has 3 aliphatic heterocycles. The zero-order valence-corrected chi connectivity index (χ0v) is 24.8. The third kappa shape index (κ3) is 6.19. The number of fused-ring (bicyclic) bond motifs is 1. The zero-order valence-electron chi connectivity index (χ0n) is 24.8. The molecule has 2 aromatic rings. The topological polar surface area (TPSA) is 132 Å². The minimum Gasteiger partial charge on any atom is -0.496 e. The van der Waals surface area contributed by atoms with Crippen molar-refractivity contribution in [2.75, 3.05) is 32.7 Å². The second-order valence-corrected chi connectivity index (χ2v) is 10.6. The van der Waals surface area contributed by atoms with E-state index in [1.807, 2.05) is 23.1 Å². The van der Waals surface area contributed by atoms with Crippen LogP contribution in [0.3, 0.4) is 0 Å². The number of aryl methyl sites for hydroxylation is 1. The molecule has 3 N–H and O–H groups in total. The molecule has 1 aromatic heterocycles. The van der Waals surface area contributed by atoms with Gasteiger partial charge in [-0.3, -0.25) is 14.6 Å². The lowest BCUT2D eigenvalue weighted by molar-refractivity contribution is -0.750. The molecule has 2 atom stereocenters. The lowest BCUT2D eigenvalue weighted by Crippen LogP contribution is -2.53. The summed E-state index contributed by atoms with van der Waals surface area (Å²) in [6.45, 7) is 3.08. The maximum atomic E-state index is 13.3. The Kier molecular flexibility index (Phi) is 9.24. The third-order valence-corrected chi connectivity index (χ3v) is 7.76. The number of nitrogens with one attached hydrogen (secondary N) is 1. The van der Waals surface area contributed by atoms with Crippen LogP contribution in [0.15, 0.2) is 82.5 Å². The van der Waals surface area contributed by atoms with Crippen LogP contribution >= 0.6 is 0 Å². The molecular weight excluding hydrogens is 546 g/mol. The van der Waals surface area contributed by atoms with Gasteiger partial charge in [0, 0.05) is 25.9 Å². The number of benzene rings is 1. The summed E-state index contributed by atoms with van der Waals surface area (Å²) in [7, 11) is 3.11. The second-order valence-electron chi connectivity index (χ2n) is 10.6. The Morgan fingerprint density at radius 3 is 2.86 bits per heavy atom. The summed E-state index contributed by atoms with van der Waals surface area (Å²) >= 11 is 0. The Labute approximate surface area is 251 Å². The van der Waals surface area contributed by atoms with Crippen LogP contribution in [0.25, 0.3) is 0 Å². The van der Waals surface area contributed by atoms with Gasteiger partial charge in [-0.2, -0.15) is 10.8 Å². The number of aromatic nitrogens is 1. The smallest absolute Gasteiger partial charge is 0.265 e. The van der Waals surface area contributed by atoms with Gasteiger partial charge in [-0.05, 0) is 61.6 Å². The lowest BCUT2D eigenvalue weighted by Gasteiger charge is -2.35. The molecule has 0 bridgehead atoms. The van der Waals surface area contributed by atoms with E-state index in [1.165, 1.54) is 7.11 Å². The van der Waals surface area contributed by atoms with Crippen molar-refractivity contribution in [2.45, 2.75) is 45.1 Å². The first kappa shape index (κ1) is 30.0. The third-order valence-electron chi connectivity index (χ3n) is 7.76. The van der Waals surface area contributed by atoms with E-state index in [-0.39, 0.29) is 22.4 Å². The number of pyridine rings is 1. The molecule has 224 valence electrons. The molecule has 0 spiro atoms. The quantitative estimate of drug-likeness (QED) is 0.246. The first-order valence-electron chi connectivity index (χ1n) is 14.5. The van der Waals surface area contributed by atoms with E-state index < -0.39 is 0 Å². The molecule has 1 saturated heterocycles. The highest BCUT2D eigenvalue weighted by molar-refractivity contribution is 6.07. The molecule has 11 heteroatoms. The Bertz CT molecular complexity index is 1540. The van der Waals surface area contributed by atoms with Gasteiger partial charge in [-0.15, -0.1) is 4.59 Å². The van der Waals surface area contributed by atoms with E-state index in [9.17, 15) is 9.59 Å². The van der Waals surface area contributed by atoms with Crippen molar-refractivity contribution in [3.63, 3.8) is 0 Å². The van der Waals surface area contributed by atoms with Crippen molar-refractivity contribution in [3.05, 3.63) is 89.2 Å². The van der Waals surface area contributed by atoms with Gasteiger partial charge < -0.3 is 19.7 Å². The van der Waals surface area contributed by atoms with Gasteiger partial charge in [0.1, 0.15) is 23.5 Å². The number of piperidine rings is 1. The molecular formula is C32H38N7O4+. The van der Waals surface area contributed by atoms with Crippen LogP contribution in [0.4, 0.5) is 5.82 Å². The molecule has 2 unspecified atom stereocenters. The van der Waals surface area contributed by atoms with Crippen LogP contribution in [0.2, 0.25) is 0 Å². The summed E-state index contributed by atoms with van der Waals surface area (Å²) < 4.78 is 10.5. The number of methoxy groups -OCH3 is 2. The standard InChI is InChI=1S/C32H37N7O4/c1-4-8-22-13-14-35-28(19-22)36-32(41)24-12-11-23(20-27(24)43-3)31-37-30(26-21-34-15-17-39(26,31)33)25-9-5-6-16-38(25)29(40)10-7-18-42-2/h7,10-15,17,19-21,25H,4-6,8-9,16,18,33H2,1-3H3/p+1/b10-7+. The van der Waals surface area contributed by atoms with Gasteiger partial charge >= 0.3 is 0 Å². The van der Waals surface area contributed by atoms with Crippen LogP contribution < -0.4 is 15.9 Å². The highest BCUT2D eigenvalue weighted by Gasteiger charge is 2.47. The molecule has 2 amide bonds. The number of amidine groups is 1. The second kappa shape index (κ2) is 13.2. The van der Waals surface area contributed by atoms with E-state index in [1.54, 1.807) is 56.2 Å². The van der Waals surface area contributed by atoms with Crippen molar-refractivity contribution >= 4 is 29.7 Å². The molecule has 0 aliphatic carbocycles. The SMILES string of the molecule is CCCc1ccnc(NC(=O)c2ccc(C3=NC(C4CCCCN4C(=O)/C=C/COC)=C4C=NC=C[N+]34N)cc2OC)c1. The minimum atomic E-state index is -0.336. The summed E-state index contributed by atoms with van der Waals surface area (Å²) in [6.07, 6.45) is 14.6. The number of carbonyl (C=O) groups is 2. The van der Waals surface area contributed by atoms with Crippen molar-refractivity contribution in [3.8, 4) is 5.75 Å². The molecule has 0 saturated carbocycles. The molecule has 4 heterocycles. The van der Waals surface area contributed by atoms with Crippen LogP contribution in [-0.2, 0) is 16.0 Å². The fourth-order valence-corrected chi connectivity index (χ4v) is 5.66. The minimum absolute atomic E-state index is 0.0938. The number of quaternary nitrogens is 1. The van der Waals surface area contributed by atoms with Crippen LogP contribution in [0.5, 0.6) is 5.75 Å². The molecule has 11 nitrogen and oxygen atoms in total. The van der Waals surface area contributed by atoms with Gasteiger partial charge in [0.15, 0.2) is 0 Å². The van der Waals surface area contributed by atoms with Gasteiger partial charge in [0.25, 0.3) is 11.7 Å². The molecule has 5 rings (SSSR count). The van der Waals surface area contributed by atoms with Crippen molar-refractivity contribution in [1.29, 1.82) is 0 Å². The summed E-state index contributed by atoms with van der Waals surface area (Å²) in [6, 6.07) is 8.83. The summed E-state index contributed by atoms with van der Waals surface area (Å²) in [5, 5.41) is 2.88. The number of carbonyl (C=O) groups excluding carboxylic acids is 2. The van der Waals surface area contributed by atoms with Gasteiger partial charge in [0.05, 0.1) is 43.3 Å². The number of hydrogen-bond acceptors (Lipinski definition) is 8. The lowest BCUT2D eigenvalue weighted by atomic mass is 9.98. The van der Waals surface area contributed by atoms with E-state index in [4.69, 9.17) is 20.3 Å². The fourth-order valence-electron chi connectivity index (χ4n) is 5.66. The van der Waals surface area contributed by atoms with Crippen LogP contribution in [-0.4, -0.2) is 71.8 Å². The van der Waals surface area contributed by atoms with Crippen molar-refractivity contribution in [2.24, 2.45) is 15.8 Å². The van der Waals surface area contributed by atoms with Gasteiger partial charge in [-0.25, -0.2) is 4.98 Å². The maximum Gasteiger partial charge on any atom is 0.265 e. The number of amides is 2. The number of anilines is 1. The number of likely N-dealkylation sites (tertiary alicyclic amines) is 1. The number of allylic oxidation sites excluding steroid dienone is 1. The van der Waals surface area contributed by atoms with Gasteiger partial charge in [-0.1, -0.05) is 19.4 Å². The molecule has 0 radical (unpaired) electrons. The summed E-state index contributed by atoms with van der Waals surface area (Å²) in [5.41, 5.74) is 3.54. The summed E-state index contributed by atoms with van der Waals surface area (Å²) in [4.78, 5) is 42.0. The Hall–Kier alpha value is -4.45. The number of nitrogens with zero attached hydrogens (tertiary/aromatic N) is 5. The van der Waals surface area contributed by atoms with E-state index in [0.717, 1.165) is 37.7 Å². The molecule has 43 heavy (non-hydrogen) atoms. The summed E-state index contributed by atoms with van der Waals surface area (Å²) in [5.74, 6) is 7.96. The molecule has 3 aliphatic rings. The first-order valence-corrected chi connectivity index (χ1v) is 14.5. The van der Waals surface area contributed by atoms with Gasteiger partial charge in [0.2, 0.25) is 11.6 Å². The largest absolute Gasteiger partial charge is 0.496 e. The van der Waals surface area contributed by atoms with E-state index in [2.05, 4.69) is 22.2 Å². The predicted octanol–water partition coefficient (Wildman–Crippen LogP) is 4.10. The average molecular weight is 585 g/mol. The van der Waals surface area contributed by atoms with Crippen LogP contribution in [0.1, 0.15) is 54.1 Å². The normalized spacial score (nSPS) is 21.3. The first-order chi connectivity index (χ1) is 20.9. The molecule has 1 fully saturated rings. The highest BCUT2D eigenvalue weighted by atomic mass is 16.5. The Balaban J connectivity index is 1.46. The number of hydrogen-bond donors (Lipinski definition) is 2. The number of nitrogens with two attached hydrogens (primary N) is 1. The van der Waals surface area contributed by atoms with Crippen molar-refractivity contribution in [1.82, 2.24) is 9.88 Å². The highest BCUT2D eigenvalue weighted by Crippen LogP contribution is 2.37. The Morgan fingerprint density at radius 2 is 2.07 bits per heavy atom. The predicted molar refractivity (Wildman–Crippen MR) is 165 cm³/mol. The Morgan fingerprint density at radius 1 is 1.21 bits per heavy atom. The van der Waals surface area contributed by atoms with Crippen molar-refractivity contribution < 1.29 is 23.7 Å². The van der Waals surface area contributed by atoms with E-state index in [0.29, 0.717) is 53.1 Å². The number of aliphatic imine (C=N–C) groups is 2. The van der Waals surface area contributed by atoms with E-state index >= 15 is 0 Å². The maximum absolute atomic E-state index is 13.3. The monoisotopic (exact) mass is 584 g/mol. The number of rotatable bonds is 10. The fraction of sp³-hybridized carbons (Fsp3) is 0.344. The number of ether oxygens (including phenoxy) is 2. The zero-order chi connectivity index (χ0) is 30.4.